The van der Waals surface area contributed by atoms with Gasteiger partial charge in [-0.25, -0.2) is 4.98 Å². The van der Waals surface area contributed by atoms with Crippen LogP contribution in [0.4, 0.5) is 13.2 Å². The number of aromatic nitrogens is 1. The number of benzene rings is 1. The molecule has 1 unspecified atom stereocenters. The average Bonchev–Trinajstić information content (AvgIpc) is 2.70. The summed E-state index contributed by atoms with van der Waals surface area (Å²) in [6.45, 7) is 3.21. The van der Waals surface area contributed by atoms with Crippen LogP contribution < -0.4 is 18.9 Å². The fraction of sp³-hybridized carbons (Fsp3) is 0.450. The molecule has 0 aliphatic heterocycles. The number of hydrogen-bond acceptors (Lipinski definition) is 6. The summed E-state index contributed by atoms with van der Waals surface area (Å²) in [5, 5.41) is 11.1. The van der Waals surface area contributed by atoms with Crippen LogP contribution in [0.5, 0.6) is 23.1 Å². The Morgan fingerprint density at radius 1 is 1.00 bits per heavy atom. The predicted molar refractivity (Wildman–Crippen MR) is 100 cm³/mol. The molecule has 1 N–H and O–H groups in total. The largest absolute Gasteiger partial charge is 0.493 e. The second-order valence-corrected chi connectivity index (χ2v) is 6.21. The van der Waals surface area contributed by atoms with E-state index in [1.54, 1.807) is 19.9 Å². The highest BCUT2D eigenvalue weighted by Gasteiger charge is 2.41. The highest BCUT2D eigenvalue weighted by molar-refractivity contribution is 5.62. The Hall–Kier alpha value is -2.68. The lowest BCUT2D eigenvalue weighted by atomic mass is 9.90. The Balaban J connectivity index is 2.91. The molecule has 0 radical (unpaired) electrons. The molecular weight excluding hydrogens is 391 g/mol. The van der Waals surface area contributed by atoms with Gasteiger partial charge in [-0.15, -0.1) is 0 Å². The number of nitrogens with zero attached hydrogens (tertiary/aromatic N) is 1. The number of rotatable bonds is 7. The molecule has 1 heterocycles. The van der Waals surface area contributed by atoms with E-state index in [0.29, 0.717) is 11.3 Å². The normalized spacial score (nSPS) is 12.5. The van der Waals surface area contributed by atoms with Crippen LogP contribution in [0.2, 0.25) is 0 Å². The summed E-state index contributed by atoms with van der Waals surface area (Å²) in [6.07, 6.45) is -5.28. The minimum absolute atomic E-state index is 0.0514. The summed E-state index contributed by atoms with van der Waals surface area (Å²) >= 11 is 0. The third kappa shape index (κ3) is 4.05. The van der Waals surface area contributed by atoms with E-state index in [1.165, 1.54) is 28.4 Å². The van der Waals surface area contributed by atoms with Crippen LogP contribution in [0.3, 0.4) is 0 Å². The third-order valence-electron chi connectivity index (χ3n) is 4.64. The van der Waals surface area contributed by atoms with Crippen LogP contribution in [0.1, 0.15) is 40.8 Å². The third-order valence-corrected chi connectivity index (χ3v) is 4.64. The van der Waals surface area contributed by atoms with Crippen molar-refractivity contribution in [3.63, 3.8) is 0 Å². The van der Waals surface area contributed by atoms with Crippen molar-refractivity contribution in [1.29, 1.82) is 0 Å². The van der Waals surface area contributed by atoms with Crippen molar-refractivity contribution in [3.8, 4) is 23.1 Å². The number of aryl methyl sites for hydroxylation is 2. The predicted octanol–water partition coefficient (Wildman–Crippen LogP) is 4.09. The average molecular weight is 415 g/mol. The van der Waals surface area contributed by atoms with E-state index in [-0.39, 0.29) is 34.9 Å². The van der Waals surface area contributed by atoms with Crippen molar-refractivity contribution in [2.45, 2.75) is 32.5 Å². The summed E-state index contributed by atoms with van der Waals surface area (Å²) in [5.74, 6) is 0.218. The van der Waals surface area contributed by atoms with Crippen molar-refractivity contribution >= 4 is 0 Å². The number of aliphatic hydroxyl groups is 1. The number of aliphatic hydroxyl groups excluding tert-OH is 1. The first kappa shape index (κ1) is 22.6. The molecular formula is C20H24F3NO5. The van der Waals surface area contributed by atoms with E-state index < -0.39 is 23.4 Å². The van der Waals surface area contributed by atoms with E-state index in [1.807, 2.05) is 0 Å². The number of methoxy groups -OCH3 is 4. The van der Waals surface area contributed by atoms with E-state index in [2.05, 4.69) is 4.98 Å². The van der Waals surface area contributed by atoms with E-state index in [0.717, 1.165) is 6.20 Å². The SMILES string of the molecule is CCc1cnc(OC)c(C(O)c2c(C)cc(OC)c(OC)c2OC)c1C(F)(F)F. The Kier molecular flexibility index (Phi) is 6.84. The van der Waals surface area contributed by atoms with Crippen LogP contribution in [0.25, 0.3) is 0 Å². The van der Waals surface area contributed by atoms with Crippen LogP contribution in [-0.4, -0.2) is 38.5 Å². The fourth-order valence-electron chi connectivity index (χ4n) is 3.35. The van der Waals surface area contributed by atoms with Crippen LogP contribution in [0, 0.1) is 6.92 Å². The maximum atomic E-state index is 14.0. The van der Waals surface area contributed by atoms with Gasteiger partial charge >= 0.3 is 6.18 Å². The number of alkyl halides is 3. The number of halogens is 3. The summed E-state index contributed by atoms with van der Waals surface area (Å²) in [4.78, 5) is 3.97. The second-order valence-electron chi connectivity index (χ2n) is 6.21. The molecule has 0 bridgehead atoms. The standard InChI is InChI=1S/C20H24F3NO5/c1-7-11-9-24-19(29-6)14(15(11)20(21,22)23)16(25)13-10(2)8-12(26-3)17(27-4)18(13)28-5/h8-9,16,25H,7H2,1-6H3. The molecule has 1 aromatic heterocycles. The van der Waals surface area contributed by atoms with Crippen molar-refractivity contribution in [3.05, 3.63) is 40.1 Å². The second kappa shape index (κ2) is 8.77. The Morgan fingerprint density at radius 3 is 2.07 bits per heavy atom. The Morgan fingerprint density at radius 2 is 1.62 bits per heavy atom. The minimum Gasteiger partial charge on any atom is -0.493 e. The summed E-state index contributed by atoms with van der Waals surface area (Å²) in [5.41, 5.74) is -0.957. The molecule has 2 rings (SSSR count). The molecule has 0 saturated heterocycles. The number of pyridine rings is 1. The van der Waals surface area contributed by atoms with Gasteiger partial charge in [0.2, 0.25) is 11.6 Å². The highest BCUT2D eigenvalue weighted by atomic mass is 19.4. The first-order valence-corrected chi connectivity index (χ1v) is 8.76. The first-order chi connectivity index (χ1) is 13.7. The summed E-state index contributed by atoms with van der Waals surface area (Å²) < 4.78 is 62.9. The summed E-state index contributed by atoms with van der Waals surface area (Å²) in [6, 6.07) is 1.55. The van der Waals surface area contributed by atoms with Gasteiger partial charge in [0.25, 0.3) is 0 Å². The van der Waals surface area contributed by atoms with Crippen LogP contribution >= 0.6 is 0 Å². The maximum Gasteiger partial charge on any atom is 0.417 e. The molecule has 2 aromatic rings. The monoisotopic (exact) mass is 415 g/mol. The molecule has 1 atom stereocenters. The molecule has 6 nitrogen and oxygen atoms in total. The lowest BCUT2D eigenvalue weighted by Gasteiger charge is -2.25. The topological polar surface area (TPSA) is 70.0 Å². The van der Waals surface area contributed by atoms with Gasteiger partial charge in [0.15, 0.2) is 11.5 Å². The molecule has 0 aliphatic rings. The van der Waals surface area contributed by atoms with Gasteiger partial charge < -0.3 is 24.1 Å². The molecule has 9 heteroatoms. The van der Waals surface area contributed by atoms with Crippen molar-refractivity contribution < 1.29 is 37.2 Å². The molecule has 0 amide bonds. The van der Waals surface area contributed by atoms with Crippen molar-refractivity contribution in [1.82, 2.24) is 4.98 Å². The van der Waals surface area contributed by atoms with E-state index in [4.69, 9.17) is 18.9 Å². The quantitative estimate of drug-likeness (QED) is 0.735. The van der Waals surface area contributed by atoms with Gasteiger partial charge in [0.05, 0.1) is 39.6 Å². The lowest BCUT2D eigenvalue weighted by Crippen LogP contribution is -2.19. The van der Waals surface area contributed by atoms with Gasteiger partial charge in [-0.05, 0) is 30.5 Å². The Bertz CT molecular complexity index is 884. The summed E-state index contributed by atoms with van der Waals surface area (Å²) in [7, 11) is 5.32. The molecule has 0 fully saturated rings. The minimum atomic E-state index is -4.73. The zero-order valence-electron chi connectivity index (χ0n) is 17.1. The molecule has 1 aromatic carbocycles. The van der Waals surface area contributed by atoms with Crippen LogP contribution in [0.15, 0.2) is 12.3 Å². The zero-order chi connectivity index (χ0) is 21.9. The molecule has 0 aliphatic carbocycles. The zero-order valence-corrected chi connectivity index (χ0v) is 17.1. The smallest absolute Gasteiger partial charge is 0.417 e. The molecule has 0 saturated carbocycles. The van der Waals surface area contributed by atoms with Crippen molar-refractivity contribution in [2.24, 2.45) is 0 Å². The van der Waals surface area contributed by atoms with Gasteiger partial charge in [0.1, 0.15) is 6.10 Å². The van der Waals surface area contributed by atoms with Gasteiger partial charge in [-0.1, -0.05) is 6.92 Å². The van der Waals surface area contributed by atoms with Gasteiger partial charge in [0, 0.05) is 11.8 Å². The fourth-order valence-corrected chi connectivity index (χ4v) is 3.35. The van der Waals surface area contributed by atoms with Crippen molar-refractivity contribution in [2.75, 3.05) is 28.4 Å². The van der Waals surface area contributed by atoms with Gasteiger partial charge in [-0.2, -0.15) is 13.2 Å². The van der Waals surface area contributed by atoms with Gasteiger partial charge in [-0.3, -0.25) is 0 Å². The number of hydrogen-bond donors (Lipinski definition) is 1. The number of ether oxygens (including phenoxy) is 4. The van der Waals surface area contributed by atoms with E-state index in [9.17, 15) is 18.3 Å². The molecule has 29 heavy (non-hydrogen) atoms. The molecule has 160 valence electrons. The highest BCUT2D eigenvalue weighted by Crippen LogP contribution is 2.49. The van der Waals surface area contributed by atoms with Crippen LogP contribution in [-0.2, 0) is 12.6 Å². The Labute approximate surface area is 167 Å². The lowest BCUT2D eigenvalue weighted by molar-refractivity contribution is -0.139. The van der Waals surface area contributed by atoms with E-state index >= 15 is 0 Å². The first-order valence-electron chi connectivity index (χ1n) is 8.76. The maximum absolute atomic E-state index is 14.0. The molecule has 0 spiro atoms.